The van der Waals surface area contributed by atoms with Crippen molar-refractivity contribution in [3.8, 4) is 5.69 Å². The molecule has 5 rings (SSSR count). The van der Waals surface area contributed by atoms with E-state index < -0.39 is 17.3 Å². The minimum atomic E-state index is -0.775. The zero-order chi connectivity index (χ0) is 19.8. The Bertz CT molecular complexity index is 863. The minimum absolute atomic E-state index is 0. The molecule has 2 aromatic rings. The lowest BCUT2D eigenvalue weighted by atomic mass is 10.1. The topological polar surface area (TPSA) is 121 Å². The van der Waals surface area contributed by atoms with Crippen LogP contribution in [0.1, 0.15) is 0 Å². The van der Waals surface area contributed by atoms with E-state index in [1.54, 1.807) is 4.68 Å². The van der Waals surface area contributed by atoms with Gasteiger partial charge in [-0.25, -0.2) is 0 Å². The number of anilines is 1. The van der Waals surface area contributed by atoms with Crippen LogP contribution in [0.3, 0.4) is 0 Å². The monoisotopic (exact) mass is 439 g/mol. The molecule has 3 aliphatic heterocycles. The van der Waals surface area contributed by atoms with E-state index in [9.17, 15) is 10.1 Å². The third kappa shape index (κ3) is 3.78. The van der Waals surface area contributed by atoms with Crippen LogP contribution in [0.2, 0.25) is 0 Å². The molecule has 0 N–H and O–H groups in total. The second-order valence-corrected chi connectivity index (χ2v) is 7.28. The quantitative estimate of drug-likeness (QED) is 0.463. The Morgan fingerprint density at radius 1 is 1.07 bits per heavy atom. The van der Waals surface area contributed by atoms with Gasteiger partial charge in [0, 0.05) is 26.2 Å². The molecule has 30 heavy (non-hydrogen) atoms. The van der Waals surface area contributed by atoms with Crippen LogP contribution in [0.15, 0.2) is 30.3 Å². The number of rotatable bonds is 5. The summed E-state index contributed by atoms with van der Waals surface area (Å²) in [5, 5.41) is 22.0. The molecule has 4 atom stereocenters. The molecule has 0 aliphatic carbocycles. The van der Waals surface area contributed by atoms with Crippen molar-refractivity contribution in [3.63, 3.8) is 0 Å². The van der Waals surface area contributed by atoms with Crippen molar-refractivity contribution in [2.45, 2.75) is 24.4 Å². The Hall–Kier alpha value is -2.54. The SMILES string of the molecule is Cl.O=[N+]([O-])O[C@H]1CO[C@H]2[C@@H]1OC[C@@H]2N1CCN(c2nnnn2-c2ccccc2)CC1. The zero-order valence-electron chi connectivity index (χ0n) is 16.0. The first-order valence-corrected chi connectivity index (χ1v) is 9.58. The molecule has 162 valence electrons. The average molecular weight is 440 g/mol. The predicted molar refractivity (Wildman–Crippen MR) is 105 cm³/mol. The van der Waals surface area contributed by atoms with E-state index in [1.165, 1.54) is 0 Å². The summed E-state index contributed by atoms with van der Waals surface area (Å²) in [4.78, 5) is 19.8. The Balaban J connectivity index is 0.00000218. The number of nitrogens with zero attached hydrogens (tertiary/aromatic N) is 7. The number of piperazine rings is 1. The molecule has 0 unspecified atom stereocenters. The predicted octanol–water partition coefficient (Wildman–Crippen LogP) is -0.0508. The van der Waals surface area contributed by atoms with Crippen LogP contribution in [0.5, 0.6) is 0 Å². The van der Waals surface area contributed by atoms with Crippen LogP contribution in [0, 0.1) is 10.1 Å². The van der Waals surface area contributed by atoms with E-state index in [2.05, 4.69) is 25.3 Å². The lowest BCUT2D eigenvalue weighted by Crippen LogP contribution is -2.54. The normalized spacial score (nSPS) is 28.7. The second-order valence-electron chi connectivity index (χ2n) is 7.28. The van der Waals surface area contributed by atoms with Gasteiger partial charge in [-0.15, -0.1) is 22.5 Å². The molecule has 3 saturated heterocycles. The molecule has 1 aromatic heterocycles. The summed E-state index contributed by atoms with van der Waals surface area (Å²) in [7, 11) is 0. The Morgan fingerprint density at radius 3 is 2.53 bits per heavy atom. The van der Waals surface area contributed by atoms with Crippen molar-refractivity contribution < 1.29 is 19.4 Å². The molecular weight excluding hydrogens is 418 g/mol. The highest BCUT2D eigenvalue weighted by Crippen LogP contribution is 2.32. The molecule has 0 bridgehead atoms. The van der Waals surface area contributed by atoms with Crippen LogP contribution in [0.4, 0.5) is 5.95 Å². The van der Waals surface area contributed by atoms with Gasteiger partial charge in [-0.3, -0.25) is 4.90 Å². The number of hydrogen-bond donors (Lipinski definition) is 0. The number of aromatic nitrogens is 4. The van der Waals surface area contributed by atoms with Crippen molar-refractivity contribution in [2.75, 3.05) is 44.3 Å². The Kier molecular flexibility index (Phi) is 5.99. The van der Waals surface area contributed by atoms with Crippen molar-refractivity contribution in [3.05, 3.63) is 40.4 Å². The number of benzene rings is 1. The van der Waals surface area contributed by atoms with Gasteiger partial charge in [0.1, 0.15) is 12.2 Å². The molecule has 0 amide bonds. The molecule has 0 radical (unpaired) electrons. The third-order valence-electron chi connectivity index (χ3n) is 5.72. The number of hydrogen-bond acceptors (Lipinski definition) is 10. The van der Waals surface area contributed by atoms with Crippen LogP contribution in [-0.2, 0) is 14.3 Å². The van der Waals surface area contributed by atoms with Crippen LogP contribution >= 0.6 is 12.4 Å². The fourth-order valence-electron chi connectivity index (χ4n) is 4.33. The van der Waals surface area contributed by atoms with Crippen LogP contribution in [0.25, 0.3) is 5.69 Å². The zero-order valence-corrected chi connectivity index (χ0v) is 16.8. The number of para-hydroxylation sites is 1. The maximum absolute atomic E-state index is 10.6. The van der Waals surface area contributed by atoms with Crippen molar-refractivity contribution in [2.24, 2.45) is 0 Å². The summed E-state index contributed by atoms with van der Waals surface area (Å²) in [5.41, 5.74) is 0.915. The Labute approximate surface area is 178 Å². The molecule has 1 aromatic carbocycles. The number of fused-ring (bicyclic) bond motifs is 1. The summed E-state index contributed by atoms with van der Waals surface area (Å²) < 4.78 is 13.3. The van der Waals surface area contributed by atoms with E-state index in [1.807, 2.05) is 30.3 Å². The van der Waals surface area contributed by atoms with Gasteiger partial charge in [0.2, 0.25) is 5.95 Å². The molecule has 0 spiro atoms. The summed E-state index contributed by atoms with van der Waals surface area (Å²) in [6.45, 7) is 3.77. The van der Waals surface area contributed by atoms with E-state index in [-0.39, 0.29) is 31.2 Å². The molecule has 13 heteroatoms. The maximum Gasteiger partial charge on any atom is 0.294 e. The van der Waals surface area contributed by atoms with E-state index >= 15 is 0 Å². The molecule has 3 fully saturated rings. The first kappa shape index (κ1) is 20.7. The molecular formula is C17H22ClN7O5. The summed E-state index contributed by atoms with van der Waals surface area (Å²) in [6, 6.07) is 9.85. The van der Waals surface area contributed by atoms with Crippen molar-refractivity contribution >= 4 is 18.4 Å². The fraction of sp³-hybridized carbons (Fsp3) is 0.588. The van der Waals surface area contributed by atoms with Gasteiger partial charge in [-0.05, 0) is 22.6 Å². The van der Waals surface area contributed by atoms with E-state index in [0.717, 1.165) is 31.9 Å². The number of tetrazole rings is 1. The van der Waals surface area contributed by atoms with Crippen LogP contribution < -0.4 is 4.90 Å². The highest BCUT2D eigenvalue weighted by atomic mass is 35.5. The van der Waals surface area contributed by atoms with Gasteiger partial charge in [-0.2, -0.15) is 4.68 Å². The lowest BCUT2D eigenvalue weighted by Gasteiger charge is -2.38. The van der Waals surface area contributed by atoms with Gasteiger partial charge < -0.3 is 19.2 Å². The highest BCUT2D eigenvalue weighted by Gasteiger charge is 2.51. The standard InChI is InChI=1S/C17H21N7O5.ClH/c25-24(26)29-14-11-28-15-13(10-27-16(14)15)21-6-8-22(9-7-21)17-18-19-20-23(17)12-4-2-1-3-5-12;/h1-5,13-16H,6-11H2;1H/t13-,14-,15+,16+;/m0./s1. The second kappa shape index (κ2) is 8.68. The summed E-state index contributed by atoms with van der Waals surface area (Å²) in [5.74, 6) is 0.716. The first-order valence-electron chi connectivity index (χ1n) is 9.58. The first-order chi connectivity index (χ1) is 14.2. The highest BCUT2D eigenvalue weighted by molar-refractivity contribution is 5.85. The molecule has 3 aliphatic rings. The Morgan fingerprint density at radius 2 is 1.80 bits per heavy atom. The van der Waals surface area contributed by atoms with Gasteiger partial charge in [0.05, 0.1) is 24.9 Å². The summed E-state index contributed by atoms with van der Waals surface area (Å²) in [6.07, 6.45) is -1.26. The lowest BCUT2D eigenvalue weighted by molar-refractivity contribution is -0.769. The van der Waals surface area contributed by atoms with E-state index in [4.69, 9.17) is 14.3 Å². The van der Waals surface area contributed by atoms with Gasteiger partial charge >= 0.3 is 0 Å². The maximum atomic E-state index is 10.6. The minimum Gasteiger partial charge on any atom is -0.371 e. The van der Waals surface area contributed by atoms with Crippen molar-refractivity contribution in [1.29, 1.82) is 0 Å². The molecule has 0 saturated carbocycles. The van der Waals surface area contributed by atoms with Gasteiger partial charge in [0.25, 0.3) is 5.09 Å². The molecule has 4 heterocycles. The molecule has 12 nitrogen and oxygen atoms in total. The third-order valence-corrected chi connectivity index (χ3v) is 5.72. The smallest absolute Gasteiger partial charge is 0.294 e. The average Bonchev–Trinajstić information content (AvgIpc) is 3.46. The largest absolute Gasteiger partial charge is 0.371 e. The van der Waals surface area contributed by atoms with E-state index in [0.29, 0.717) is 12.6 Å². The van der Waals surface area contributed by atoms with Crippen LogP contribution in [-0.4, -0.2) is 93.9 Å². The van der Waals surface area contributed by atoms with Gasteiger partial charge in [-0.1, -0.05) is 23.3 Å². The number of ether oxygens (including phenoxy) is 2. The fourth-order valence-corrected chi connectivity index (χ4v) is 4.33. The van der Waals surface area contributed by atoms with Gasteiger partial charge in [0.15, 0.2) is 6.10 Å². The summed E-state index contributed by atoms with van der Waals surface area (Å²) >= 11 is 0. The van der Waals surface area contributed by atoms with Crippen molar-refractivity contribution in [1.82, 2.24) is 25.1 Å². The number of halogens is 1.